The van der Waals surface area contributed by atoms with Gasteiger partial charge >= 0.3 is 0 Å². The van der Waals surface area contributed by atoms with Crippen molar-refractivity contribution in [2.75, 3.05) is 10.1 Å². The number of halogens is 1. The van der Waals surface area contributed by atoms with Crippen molar-refractivity contribution in [3.63, 3.8) is 0 Å². The lowest BCUT2D eigenvalue weighted by Gasteiger charge is -2.37. The van der Waals surface area contributed by atoms with E-state index < -0.39 is 0 Å². The number of benzene rings is 1. The fourth-order valence-electron chi connectivity index (χ4n) is 3.77. The van der Waals surface area contributed by atoms with Gasteiger partial charge < -0.3 is 0 Å². The molecule has 9 heteroatoms. The predicted octanol–water partition coefficient (Wildman–Crippen LogP) is 2.58. The van der Waals surface area contributed by atoms with Gasteiger partial charge in [-0.15, -0.1) is 9.89 Å². The molecule has 0 amide bonds. The third-order valence-electron chi connectivity index (χ3n) is 5.50. The molecule has 1 aliphatic carbocycles. The standard InChI is InChI=1S/C17H15ClN8/c1-17(6-7-17)13-8-21-22-26(13)23-10-20-15-11-4-2-3-5-12(11)24-14(25(15)23)9-19-16(24)18/h2-5,8-10,15H,6-7H2,1H3. The van der Waals surface area contributed by atoms with Crippen molar-refractivity contribution in [1.82, 2.24) is 24.7 Å². The molecule has 3 aromatic rings. The Hall–Kier alpha value is -2.87. The van der Waals surface area contributed by atoms with Gasteiger partial charge in [0.15, 0.2) is 12.0 Å². The van der Waals surface area contributed by atoms with Crippen molar-refractivity contribution < 1.29 is 0 Å². The Morgan fingerprint density at radius 3 is 2.88 bits per heavy atom. The quantitative estimate of drug-likeness (QED) is 0.697. The highest BCUT2D eigenvalue weighted by Gasteiger charge is 2.46. The molecule has 4 heterocycles. The maximum absolute atomic E-state index is 6.39. The number of hydrogen-bond donors (Lipinski definition) is 0. The van der Waals surface area contributed by atoms with Crippen LogP contribution in [-0.2, 0) is 5.41 Å². The molecular formula is C17H15ClN8. The van der Waals surface area contributed by atoms with Gasteiger partial charge in [0, 0.05) is 11.0 Å². The number of nitrogens with zero attached hydrogens (tertiary/aromatic N) is 8. The van der Waals surface area contributed by atoms with Crippen LogP contribution in [0.25, 0.3) is 5.69 Å². The molecule has 1 unspecified atom stereocenters. The molecule has 2 aromatic heterocycles. The van der Waals surface area contributed by atoms with Crippen LogP contribution in [0.2, 0.25) is 5.28 Å². The minimum atomic E-state index is -0.185. The van der Waals surface area contributed by atoms with Crippen LogP contribution in [0.4, 0.5) is 5.82 Å². The average Bonchev–Trinajstić information content (AvgIpc) is 3.06. The Balaban J connectivity index is 1.54. The molecule has 0 bridgehead atoms. The average molecular weight is 367 g/mol. The van der Waals surface area contributed by atoms with Crippen molar-refractivity contribution in [1.29, 1.82) is 0 Å². The zero-order valence-electron chi connectivity index (χ0n) is 14.0. The lowest BCUT2D eigenvalue weighted by Crippen LogP contribution is -2.50. The van der Waals surface area contributed by atoms with Crippen LogP contribution in [0, 0.1) is 0 Å². The van der Waals surface area contributed by atoms with Crippen LogP contribution in [0.5, 0.6) is 0 Å². The van der Waals surface area contributed by atoms with E-state index in [2.05, 4.69) is 28.3 Å². The van der Waals surface area contributed by atoms with Gasteiger partial charge in [0.1, 0.15) is 6.34 Å². The predicted molar refractivity (Wildman–Crippen MR) is 97.1 cm³/mol. The number of imidazole rings is 1. The lowest BCUT2D eigenvalue weighted by atomic mass is 10.1. The van der Waals surface area contributed by atoms with E-state index in [0.29, 0.717) is 5.28 Å². The highest BCUT2D eigenvalue weighted by molar-refractivity contribution is 6.29. The van der Waals surface area contributed by atoms with E-state index in [1.165, 1.54) is 0 Å². The number of fused-ring (bicyclic) bond motifs is 6. The Labute approximate surface area is 154 Å². The molecule has 1 aromatic carbocycles. The molecular weight excluding hydrogens is 352 g/mol. The fourth-order valence-corrected chi connectivity index (χ4v) is 4.00. The normalized spacial score (nSPS) is 21.5. The molecule has 1 atom stereocenters. The van der Waals surface area contributed by atoms with E-state index in [9.17, 15) is 0 Å². The van der Waals surface area contributed by atoms with Crippen LogP contribution in [0.3, 0.4) is 0 Å². The van der Waals surface area contributed by atoms with E-state index in [-0.39, 0.29) is 11.6 Å². The summed E-state index contributed by atoms with van der Waals surface area (Å²) >= 11 is 6.39. The number of aliphatic imine (C=N–C) groups is 1. The smallest absolute Gasteiger partial charge is 0.209 e. The van der Waals surface area contributed by atoms with E-state index in [0.717, 1.165) is 35.6 Å². The Morgan fingerprint density at radius 2 is 2.04 bits per heavy atom. The van der Waals surface area contributed by atoms with Gasteiger partial charge in [0.2, 0.25) is 5.28 Å². The van der Waals surface area contributed by atoms with Crippen LogP contribution < -0.4 is 10.1 Å². The van der Waals surface area contributed by atoms with Crippen molar-refractivity contribution in [2.24, 2.45) is 4.99 Å². The monoisotopic (exact) mass is 366 g/mol. The molecule has 1 fully saturated rings. The van der Waals surface area contributed by atoms with Crippen molar-refractivity contribution in [3.05, 3.63) is 53.2 Å². The summed E-state index contributed by atoms with van der Waals surface area (Å²) in [6.45, 7) is 2.24. The molecule has 0 N–H and O–H groups in total. The Kier molecular flexibility index (Phi) is 2.56. The summed E-state index contributed by atoms with van der Waals surface area (Å²) in [6.07, 6.45) is 7.50. The first-order valence-electron chi connectivity index (χ1n) is 8.53. The number of anilines is 1. The van der Waals surface area contributed by atoms with Crippen LogP contribution >= 0.6 is 11.6 Å². The molecule has 0 spiro atoms. The van der Waals surface area contributed by atoms with Gasteiger partial charge in [-0.25, -0.2) is 15.0 Å². The van der Waals surface area contributed by atoms with E-state index in [4.69, 9.17) is 16.6 Å². The van der Waals surface area contributed by atoms with Gasteiger partial charge in [0.25, 0.3) is 0 Å². The largest absolute Gasteiger partial charge is 0.268 e. The molecule has 6 rings (SSSR count). The molecule has 8 nitrogen and oxygen atoms in total. The summed E-state index contributed by atoms with van der Waals surface area (Å²) in [5.41, 5.74) is 3.28. The summed E-state index contributed by atoms with van der Waals surface area (Å²) < 4.78 is 1.94. The zero-order valence-corrected chi connectivity index (χ0v) is 14.7. The zero-order chi connectivity index (χ0) is 17.5. The van der Waals surface area contributed by atoms with E-state index in [1.807, 2.05) is 43.9 Å². The van der Waals surface area contributed by atoms with E-state index in [1.54, 1.807) is 12.5 Å². The maximum Gasteiger partial charge on any atom is 0.209 e. The first kappa shape index (κ1) is 14.3. The highest BCUT2D eigenvalue weighted by Crippen LogP contribution is 2.48. The number of para-hydroxylation sites is 1. The minimum Gasteiger partial charge on any atom is -0.268 e. The van der Waals surface area contributed by atoms with Crippen LogP contribution in [0.1, 0.15) is 37.2 Å². The van der Waals surface area contributed by atoms with Gasteiger partial charge in [-0.1, -0.05) is 25.1 Å². The first-order chi connectivity index (χ1) is 12.7. The third kappa shape index (κ3) is 1.69. The minimum absolute atomic E-state index is 0.126. The number of rotatable bonds is 2. The fraction of sp³-hybridized carbons (Fsp3) is 0.294. The second-order valence-electron chi connectivity index (χ2n) is 7.15. The van der Waals surface area contributed by atoms with Crippen LogP contribution in [-0.4, -0.2) is 31.0 Å². The van der Waals surface area contributed by atoms with Gasteiger partial charge in [-0.3, -0.25) is 4.57 Å². The van der Waals surface area contributed by atoms with Crippen molar-refractivity contribution in [2.45, 2.75) is 31.3 Å². The SMILES string of the molecule is CC1(c2cnnn2N2C=NC3c4ccccc4-n4c(cnc4Cl)N32)CC1. The molecule has 0 radical (unpaired) electrons. The van der Waals surface area contributed by atoms with E-state index >= 15 is 0 Å². The Morgan fingerprint density at radius 1 is 1.19 bits per heavy atom. The lowest BCUT2D eigenvalue weighted by molar-refractivity contribution is 0.510. The molecule has 0 saturated heterocycles. The molecule has 26 heavy (non-hydrogen) atoms. The van der Waals surface area contributed by atoms with Gasteiger partial charge in [0.05, 0.1) is 23.8 Å². The summed E-state index contributed by atoms with van der Waals surface area (Å²) in [5, 5.41) is 12.8. The third-order valence-corrected chi connectivity index (χ3v) is 5.77. The first-order valence-corrected chi connectivity index (χ1v) is 8.91. The number of hydrazine groups is 1. The van der Waals surface area contributed by atoms with Crippen molar-refractivity contribution >= 4 is 23.8 Å². The summed E-state index contributed by atoms with van der Waals surface area (Å²) in [5.74, 6) is 0.846. The second-order valence-corrected chi connectivity index (χ2v) is 7.49. The molecule has 130 valence electrons. The maximum atomic E-state index is 6.39. The van der Waals surface area contributed by atoms with Crippen molar-refractivity contribution in [3.8, 4) is 5.69 Å². The summed E-state index contributed by atoms with van der Waals surface area (Å²) in [4.78, 5) is 10.9. The van der Waals surface area contributed by atoms with Gasteiger partial charge in [-0.2, -0.15) is 5.12 Å². The topological polar surface area (TPSA) is 67.4 Å². The molecule has 1 saturated carbocycles. The molecule has 3 aliphatic rings. The summed E-state index contributed by atoms with van der Waals surface area (Å²) in [6, 6.07) is 8.11. The Bertz CT molecular complexity index is 1060. The molecule has 2 aliphatic heterocycles. The number of aromatic nitrogens is 5. The highest BCUT2D eigenvalue weighted by atomic mass is 35.5. The summed E-state index contributed by atoms with van der Waals surface area (Å²) in [7, 11) is 0. The van der Waals surface area contributed by atoms with Crippen LogP contribution in [0.15, 0.2) is 41.7 Å². The second kappa shape index (κ2) is 4.64. The van der Waals surface area contributed by atoms with Gasteiger partial charge in [-0.05, 0) is 35.7 Å². The number of hydrogen-bond acceptors (Lipinski definition) is 6.